The van der Waals surface area contributed by atoms with Crippen LogP contribution in [0.3, 0.4) is 0 Å². The first-order valence-electron chi connectivity index (χ1n) is 9.14. The summed E-state index contributed by atoms with van der Waals surface area (Å²) in [6.07, 6.45) is 0. The summed E-state index contributed by atoms with van der Waals surface area (Å²) in [5.74, 6) is 2.44. The maximum atomic E-state index is 12.3. The molecule has 0 bridgehead atoms. The second-order valence-electron chi connectivity index (χ2n) is 6.72. The Balaban J connectivity index is 1.56. The minimum atomic E-state index is 0.106. The molecule has 1 aromatic heterocycles. The molecule has 0 unspecified atom stereocenters. The Hall–Kier alpha value is -2.06. The summed E-state index contributed by atoms with van der Waals surface area (Å²) >= 11 is 1.40. The van der Waals surface area contributed by atoms with Crippen molar-refractivity contribution >= 4 is 17.7 Å². The highest BCUT2D eigenvalue weighted by Crippen LogP contribution is 2.26. The fourth-order valence-corrected chi connectivity index (χ4v) is 3.69. The molecule has 7 nitrogen and oxygen atoms in total. The Morgan fingerprint density at radius 3 is 2.74 bits per heavy atom. The minimum Gasteiger partial charge on any atom is -0.485 e. The standard InChI is InChI=1S/C19H26N4O3S/c1-14(2)15-6-4-5-7-16(15)26-12-17-20-21-19(22(17)3)27-13-18(24)23-8-10-25-11-9-23/h4-7,14H,8-13H2,1-3H3. The van der Waals surface area contributed by atoms with Crippen molar-refractivity contribution in [3.05, 3.63) is 35.7 Å². The zero-order valence-electron chi connectivity index (χ0n) is 16.1. The lowest BCUT2D eigenvalue weighted by Gasteiger charge is -2.26. The van der Waals surface area contributed by atoms with E-state index in [2.05, 4.69) is 30.1 Å². The molecule has 0 N–H and O–H groups in total. The van der Waals surface area contributed by atoms with Crippen molar-refractivity contribution in [1.82, 2.24) is 19.7 Å². The molecular formula is C19H26N4O3S. The van der Waals surface area contributed by atoms with Gasteiger partial charge in [0, 0.05) is 20.1 Å². The van der Waals surface area contributed by atoms with E-state index in [0.29, 0.717) is 49.7 Å². The number of benzene rings is 1. The lowest BCUT2D eigenvalue weighted by atomic mass is 10.0. The van der Waals surface area contributed by atoms with Crippen molar-refractivity contribution < 1.29 is 14.3 Å². The van der Waals surface area contributed by atoms with Crippen LogP contribution in [-0.4, -0.2) is 57.6 Å². The van der Waals surface area contributed by atoms with Gasteiger partial charge in [0.05, 0.1) is 19.0 Å². The van der Waals surface area contributed by atoms with Crippen LogP contribution in [0.4, 0.5) is 0 Å². The molecule has 1 fully saturated rings. The van der Waals surface area contributed by atoms with Crippen LogP contribution in [0.5, 0.6) is 5.75 Å². The van der Waals surface area contributed by atoms with Gasteiger partial charge in [-0.2, -0.15) is 0 Å². The number of rotatable bonds is 7. The molecule has 0 atom stereocenters. The Bertz CT molecular complexity index is 772. The first kappa shape index (κ1) is 19.7. The Kier molecular flexibility index (Phi) is 6.73. The van der Waals surface area contributed by atoms with Crippen LogP contribution >= 0.6 is 11.8 Å². The molecule has 27 heavy (non-hydrogen) atoms. The third-order valence-corrected chi connectivity index (χ3v) is 5.52. The number of carbonyl (C=O) groups excluding carboxylic acids is 1. The van der Waals surface area contributed by atoms with E-state index in [1.54, 1.807) is 0 Å². The van der Waals surface area contributed by atoms with Crippen LogP contribution in [0.15, 0.2) is 29.4 Å². The number of amides is 1. The molecule has 8 heteroatoms. The number of thioether (sulfide) groups is 1. The van der Waals surface area contributed by atoms with Crippen LogP contribution in [-0.2, 0) is 23.2 Å². The van der Waals surface area contributed by atoms with Crippen LogP contribution < -0.4 is 4.74 Å². The monoisotopic (exact) mass is 390 g/mol. The number of nitrogens with zero attached hydrogens (tertiary/aromatic N) is 4. The smallest absolute Gasteiger partial charge is 0.233 e. The zero-order chi connectivity index (χ0) is 19.2. The third kappa shape index (κ3) is 5.01. The van der Waals surface area contributed by atoms with Gasteiger partial charge in [0.1, 0.15) is 12.4 Å². The topological polar surface area (TPSA) is 69.5 Å². The third-order valence-electron chi connectivity index (χ3n) is 4.51. The normalized spacial score (nSPS) is 14.6. The van der Waals surface area contributed by atoms with Crippen LogP contribution in [0.1, 0.15) is 31.2 Å². The predicted molar refractivity (Wildman–Crippen MR) is 104 cm³/mol. The second-order valence-corrected chi connectivity index (χ2v) is 7.66. The highest BCUT2D eigenvalue weighted by atomic mass is 32.2. The van der Waals surface area contributed by atoms with Crippen LogP contribution in [0.25, 0.3) is 0 Å². The molecule has 2 aromatic rings. The SMILES string of the molecule is CC(C)c1ccccc1OCc1nnc(SCC(=O)N2CCOCC2)n1C. The average molecular weight is 391 g/mol. The molecule has 0 aliphatic carbocycles. The summed E-state index contributed by atoms with van der Waals surface area (Å²) in [5.41, 5.74) is 1.17. The van der Waals surface area contributed by atoms with E-state index in [1.165, 1.54) is 17.3 Å². The van der Waals surface area contributed by atoms with Gasteiger partial charge in [0.15, 0.2) is 11.0 Å². The number of aromatic nitrogens is 3. The average Bonchev–Trinajstić information content (AvgIpc) is 3.05. The fraction of sp³-hybridized carbons (Fsp3) is 0.526. The van der Waals surface area contributed by atoms with Crippen molar-refractivity contribution in [2.75, 3.05) is 32.1 Å². The Morgan fingerprint density at radius 2 is 2.00 bits per heavy atom. The van der Waals surface area contributed by atoms with E-state index in [0.717, 1.165) is 11.6 Å². The van der Waals surface area contributed by atoms with Crippen molar-refractivity contribution in [1.29, 1.82) is 0 Å². The molecule has 1 saturated heterocycles. The first-order valence-corrected chi connectivity index (χ1v) is 10.1. The van der Waals surface area contributed by atoms with Crippen molar-refractivity contribution in [3.8, 4) is 5.75 Å². The molecular weight excluding hydrogens is 364 g/mol. The summed E-state index contributed by atoms with van der Waals surface area (Å²) in [7, 11) is 1.90. The Labute approximate surface area is 164 Å². The number of para-hydroxylation sites is 1. The molecule has 0 saturated carbocycles. The molecule has 146 valence electrons. The van der Waals surface area contributed by atoms with Gasteiger partial charge in [-0.3, -0.25) is 4.79 Å². The quantitative estimate of drug-likeness (QED) is 0.677. The van der Waals surface area contributed by atoms with Crippen molar-refractivity contribution in [2.24, 2.45) is 7.05 Å². The molecule has 0 spiro atoms. The molecule has 0 radical (unpaired) electrons. The lowest BCUT2D eigenvalue weighted by molar-refractivity contribution is -0.132. The molecule has 1 aliphatic rings. The highest BCUT2D eigenvalue weighted by molar-refractivity contribution is 7.99. The van der Waals surface area contributed by atoms with Gasteiger partial charge in [-0.05, 0) is 17.5 Å². The van der Waals surface area contributed by atoms with E-state index >= 15 is 0 Å². The van der Waals surface area contributed by atoms with Crippen molar-refractivity contribution in [2.45, 2.75) is 31.5 Å². The van der Waals surface area contributed by atoms with E-state index in [1.807, 2.05) is 34.7 Å². The minimum absolute atomic E-state index is 0.106. The zero-order valence-corrected chi connectivity index (χ0v) is 16.9. The summed E-state index contributed by atoms with van der Waals surface area (Å²) in [6, 6.07) is 8.04. The van der Waals surface area contributed by atoms with Gasteiger partial charge in [-0.1, -0.05) is 43.8 Å². The second kappa shape index (κ2) is 9.23. The number of carbonyl (C=O) groups is 1. The maximum Gasteiger partial charge on any atom is 0.233 e. The van der Waals surface area contributed by atoms with Crippen LogP contribution in [0.2, 0.25) is 0 Å². The molecule has 2 heterocycles. The predicted octanol–water partition coefficient (Wildman–Crippen LogP) is 2.47. The summed E-state index contributed by atoms with van der Waals surface area (Å²) in [5, 5.41) is 9.14. The van der Waals surface area contributed by atoms with Crippen LogP contribution in [0, 0.1) is 0 Å². The van der Waals surface area contributed by atoms with Gasteiger partial charge in [-0.25, -0.2) is 0 Å². The largest absolute Gasteiger partial charge is 0.485 e. The van der Waals surface area contributed by atoms with Gasteiger partial charge in [0.2, 0.25) is 5.91 Å². The van der Waals surface area contributed by atoms with Gasteiger partial charge >= 0.3 is 0 Å². The van der Waals surface area contributed by atoms with Gasteiger partial charge in [0.25, 0.3) is 0 Å². The number of ether oxygens (including phenoxy) is 2. The Morgan fingerprint density at radius 1 is 1.26 bits per heavy atom. The first-order chi connectivity index (χ1) is 13.1. The fourth-order valence-electron chi connectivity index (χ4n) is 2.86. The molecule has 1 aromatic carbocycles. The van der Waals surface area contributed by atoms with Gasteiger partial charge < -0.3 is 18.9 Å². The highest BCUT2D eigenvalue weighted by Gasteiger charge is 2.19. The van der Waals surface area contributed by atoms with Crippen molar-refractivity contribution in [3.63, 3.8) is 0 Å². The maximum absolute atomic E-state index is 12.3. The molecule has 1 aliphatic heterocycles. The summed E-state index contributed by atoms with van der Waals surface area (Å²) in [4.78, 5) is 14.1. The number of morpholine rings is 1. The summed E-state index contributed by atoms with van der Waals surface area (Å²) in [6.45, 7) is 7.17. The molecule has 3 rings (SSSR count). The molecule has 1 amide bonds. The van der Waals surface area contributed by atoms with E-state index < -0.39 is 0 Å². The number of hydrogen-bond donors (Lipinski definition) is 0. The van der Waals surface area contributed by atoms with E-state index in [9.17, 15) is 4.79 Å². The van der Waals surface area contributed by atoms with Gasteiger partial charge in [-0.15, -0.1) is 10.2 Å². The summed E-state index contributed by atoms with van der Waals surface area (Å²) < 4.78 is 13.1. The number of hydrogen-bond acceptors (Lipinski definition) is 6. The van der Waals surface area contributed by atoms with E-state index in [4.69, 9.17) is 9.47 Å². The lowest BCUT2D eigenvalue weighted by Crippen LogP contribution is -2.41. The van der Waals surface area contributed by atoms with E-state index in [-0.39, 0.29) is 5.91 Å².